The number of hydrogen-bond donors (Lipinski definition) is 0. The maximum absolute atomic E-state index is 12.3. The standard InChI is InChI=1S/C16H21NO3/c1-11-5-7-12(8-6-11)9-14(18)17(4)13-10-16(2,3)20-15(13)19/h5-8,13H,9-10H2,1-4H3/t13-/m1/s1. The maximum Gasteiger partial charge on any atom is 0.329 e. The number of rotatable bonds is 3. The molecule has 1 heterocycles. The zero-order valence-electron chi connectivity index (χ0n) is 12.5. The van der Waals surface area contributed by atoms with Crippen LogP contribution in [0.5, 0.6) is 0 Å². The Kier molecular flexibility index (Phi) is 3.84. The minimum atomic E-state index is -0.486. The molecule has 1 saturated heterocycles. The first-order valence-electron chi connectivity index (χ1n) is 6.82. The second-order valence-electron chi connectivity index (χ2n) is 6.07. The molecular formula is C16H21NO3. The number of amides is 1. The first-order valence-corrected chi connectivity index (χ1v) is 6.82. The van der Waals surface area contributed by atoms with E-state index in [1.54, 1.807) is 7.05 Å². The molecule has 0 saturated carbocycles. The van der Waals surface area contributed by atoms with Crippen molar-refractivity contribution in [1.82, 2.24) is 4.90 Å². The largest absolute Gasteiger partial charge is 0.458 e. The van der Waals surface area contributed by atoms with E-state index in [2.05, 4.69) is 0 Å². The average molecular weight is 275 g/mol. The van der Waals surface area contributed by atoms with Gasteiger partial charge in [0, 0.05) is 13.5 Å². The summed E-state index contributed by atoms with van der Waals surface area (Å²) in [5.74, 6) is -0.372. The number of carbonyl (C=O) groups excluding carboxylic acids is 2. The molecule has 0 radical (unpaired) electrons. The van der Waals surface area contributed by atoms with Crippen molar-refractivity contribution in [2.24, 2.45) is 0 Å². The predicted octanol–water partition coefficient (Wildman–Crippen LogP) is 2.09. The second kappa shape index (κ2) is 5.27. The Morgan fingerprint density at radius 2 is 1.95 bits per heavy atom. The van der Waals surface area contributed by atoms with Gasteiger partial charge in [0.05, 0.1) is 6.42 Å². The van der Waals surface area contributed by atoms with Gasteiger partial charge in [0.25, 0.3) is 0 Å². The van der Waals surface area contributed by atoms with Crippen LogP contribution in [0.4, 0.5) is 0 Å². The van der Waals surface area contributed by atoms with Gasteiger partial charge in [-0.1, -0.05) is 29.8 Å². The Balaban J connectivity index is 2.02. The summed E-state index contributed by atoms with van der Waals surface area (Å²) in [5, 5.41) is 0. The molecule has 4 heteroatoms. The molecule has 1 aromatic rings. The van der Waals surface area contributed by atoms with E-state index >= 15 is 0 Å². The third-order valence-corrected chi connectivity index (χ3v) is 3.67. The van der Waals surface area contributed by atoms with Crippen LogP contribution in [0.25, 0.3) is 0 Å². The Bertz CT molecular complexity index is 519. The Morgan fingerprint density at radius 3 is 2.45 bits per heavy atom. The molecule has 1 aromatic carbocycles. The number of likely N-dealkylation sites (N-methyl/N-ethyl adjacent to an activating group) is 1. The van der Waals surface area contributed by atoms with Crippen LogP contribution in [0.15, 0.2) is 24.3 Å². The van der Waals surface area contributed by atoms with Gasteiger partial charge in [-0.2, -0.15) is 0 Å². The highest BCUT2D eigenvalue weighted by Crippen LogP contribution is 2.28. The lowest BCUT2D eigenvalue weighted by Gasteiger charge is -2.22. The quantitative estimate of drug-likeness (QED) is 0.794. The van der Waals surface area contributed by atoms with Crippen molar-refractivity contribution in [3.05, 3.63) is 35.4 Å². The van der Waals surface area contributed by atoms with E-state index in [9.17, 15) is 9.59 Å². The third-order valence-electron chi connectivity index (χ3n) is 3.67. The summed E-state index contributed by atoms with van der Waals surface area (Å²) in [6.07, 6.45) is 0.850. The van der Waals surface area contributed by atoms with Crippen LogP contribution in [0.1, 0.15) is 31.4 Å². The molecule has 4 nitrogen and oxygen atoms in total. The fraction of sp³-hybridized carbons (Fsp3) is 0.500. The number of esters is 1. The van der Waals surface area contributed by atoms with Crippen LogP contribution in [-0.2, 0) is 20.7 Å². The summed E-state index contributed by atoms with van der Waals surface area (Å²) >= 11 is 0. The Morgan fingerprint density at radius 1 is 1.35 bits per heavy atom. The fourth-order valence-electron chi connectivity index (χ4n) is 2.41. The van der Waals surface area contributed by atoms with Crippen molar-refractivity contribution in [2.45, 2.75) is 45.3 Å². The number of aryl methyl sites for hydroxylation is 1. The number of nitrogens with zero attached hydrogens (tertiary/aromatic N) is 1. The van der Waals surface area contributed by atoms with Gasteiger partial charge in [0.1, 0.15) is 11.6 Å². The molecule has 0 aromatic heterocycles. The van der Waals surface area contributed by atoms with Gasteiger partial charge in [-0.3, -0.25) is 4.79 Å². The summed E-state index contributed by atoms with van der Waals surface area (Å²) in [4.78, 5) is 25.6. The molecule has 1 amide bonds. The number of benzene rings is 1. The average Bonchev–Trinajstić information content (AvgIpc) is 2.64. The van der Waals surface area contributed by atoms with E-state index in [1.807, 2.05) is 45.0 Å². The topological polar surface area (TPSA) is 46.6 Å². The van der Waals surface area contributed by atoms with Gasteiger partial charge in [-0.25, -0.2) is 4.79 Å². The molecule has 1 aliphatic heterocycles. The van der Waals surface area contributed by atoms with Crippen LogP contribution >= 0.6 is 0 Å². The maximum atomic E-state index is 12.3. The van der Waals surface area contributed by atoms with Crippen molar-refractivity contribution < 1.29 is 14.3 Å². The first kappa shape index (κ1) is 14.6. The Hall–Kier alpha value is -1.84. The van der Waals surface area contributed by atoms with E-state index in [-0.39, 0.29) is 11.9 Å². The first-order chi connectivity index (χ1) is 9.28. The smallest absolute Gasteiger partial charge is 0.329 e. The van der Waals surface area contributed by atoms with Crippen LogP contribution in [0.3, 0.4) is 0 Å². The highest BCUT2D eigenvalue weighted by atomic mass is 16.6. The van der Waals surface area contributed by atoms with Crippen LogP contribution in [0, 0.1) is 6.92 Å². The normalized spacial score (nSPS) is 20.6. The van der Waals surface area contributed by atoms with Crippen LogP contribution < -0.4 is 0 Å². The highest BCUT2D eigenvalue weighted by Gasteiger charge is 2.43. The van der Waals surface area contributed by atoms with E-state index in [0.717, 1.165) is 11.1 Å². The molecule has 0 aliphatic carbocycles. The minimum Gasteiger partial charge on any atom is -0.458 e. The van der Waals surface area contributed by atoms with Crippen LogP contribution in [-0.4, -0.2) is 35.5 Å². The van der Waals surface area contributed by atoms with Gasteiger partial charge < -0.3 is 9.64 Å². The number of carbonyl (C=O) groups is 2. The van der Waals surface area contributed by atoms with E-state index in [1.165, 1.54) is 4.90 Å². The molecule has 0 unspecified atom stereocenters. The number of hydrogen-bond acceptors (Lipinski definition) is 3. The molecule has 0 bridgehead atoms. The van der Waals surface area contributed by atoms with Crippen LogP contribution in [0.2, 0.25) is 0 Å². The van der Waals surface area contributed by atoms with Gasteiger partial charge in [-0.05, 0) is 26.3 Å². The van der Waals surface area contributed by atoms with Gasteiger partial charge in [0.2, 0.25) is 5.91 Å². The predicted molar refractivity (Wildman–Crippen MR) is 76.2 cm³/mol. The molecule has 1 aliphatic rings. The molecule has 0 spiro atoms. The van der Waals surface area contributed by atoms with E-state index in [0.29, 0.717) is 12.8 Å². The van der Waals surface area contributed by atoms with Crippen molar-refractivity contribution in [3.63, 3.8) is 0 Å². The molecule has 2 rings (SSSR count). The van der Waals surface area contributed by atoms with Gasteiger partial charge >= 0.3 is 5.97 Å². The third kappa shape index (κ3) is 3.18. The van der Waals surface area contributed by atoms with E-state index in [4.69, 9.17) is 4.74 Å². The molecular weight excluding hydrogens is 254 g/mol. The van der Waals surface area contributed by atoms with Gasteiger partial charge in [0.15, 0.2) is 0 Å². The summed E-state index contributed by atoms with van der Waals surface area (Å²) < 4.78 is 5.27. The van der Waals surface area contributed by atoms with Crippen molar-refractivity contribution in [2.75, 3.05) is 7.05 Å². The second-order valence-corrected chi connectivity index (χ2v) is 6.07. The van der Waals surface area contributed by atoms with Gasteiger partial charge in [-0.15, -0.1) is 0 Å². The minimum absolute atomic E-state index is 0.0616. The molecule has 1 fully saturated rings. The molecule has 0 N–H and O–H groups in total. The summed E-state index contributed by atoms with van der Waals surface area (Å²) in [5.41, 5.74) is 1.63. The zero-order valence-corrected chi connectivity index (χ0v) is 12.5. The lowest BCUT2D eigenvalue weighted by molar-refractivity contribution is -0.151. The lowest BCUT2D eigenvalue weighted by Crippen LogP contribution is -2.41. The number of cyclic esters (lactones) is 1. The zero-order chi connectivity index (χ0) is 14.9. The fourth-order valence-corrected chi connectivity index (χ4v) is 2.41. The Labute approximate surface area is 119 Å². The monoisotopic (exact) mass is 275 g/mol. The summed E-state index contributed by atoms with van der Waals surface area (Å²) in [7, 11) is 1.67. The lowest BCUT2D eigenvalue weighted by atomic mass is 10.0. The van der Waals surface area contributed by atoms with Crippen molar-refractivity contribution in [3.8, 4) is 0 Å². The van der Waals surface area contributed by atoms with Crippen molar-refractivity contribution in [1.29, 1.82) is 0 Å². The molecule has 1 atom stereocenters. The van der Waals surface area contributed by atoms with E-state index < -0.39 is 11.6 Å². The summed E-state index contributed by atoms with van der Waals surface area (Å²) in [6, 6.07) is 7.38. The highest BCUT2D eigenvalue weighted by molar-refractivity contribution is 5.86. The molecule has 20 heavy (non-hydrogen) atoms. The molecule has 108 valence electrons. The number of ether oxygens (including phenoxy) is 1. The SMILES string of the molecule is Cc1ccc(CC(=O)N(C)[C@@H]2CC(C)(C)OC2=O)cc1. The van der Waals surface area contributed by atoms with Crippen molar-refractivity contribution >= 4 is 11.9 Å². The summed E-state index contributed by atoms with van der Waals surface area (Å²) in [6.45, 7) is 5.74.